The van der Waals surface area contributed by atoms with Crippen molar-refractivity contribution in [1.82, 2.24) is 5.32 Å². The molecule has 2 heterocycles. The molecular weight excluding hydrogens is 244 g/mol. The Morgan fingerprint density at radius 2 is 2.05 bits per heavy atom. The number of amides is 1. The highest BCUT2D eigenvalue weighted by Crippen LogP contribution is 2.36. The number of fused-ring (bicyclic) bond motifs is 1. The molecule has 5 nitrogen and oxygen atoms in total. The van der Waals surface area contributed by atoms with Gasteiger partial charge in [-0.2, -0.15) is 0 Å². The second-order valence-electron chi connectivity index (χ2n) is 5.58. The normalized spacial score (nSPS) is 21.4. The minimum absolute atomic E-state index is 0.0947. The molecule has 19 heavy (non-hydrogen) atoms. The van der Waals surface area contributed by atoms with Gasteiger partial charge in [0.1, 0.15) is 0 Å². The van der Waals surface area contributed by atoms with Crippen LogP contribution in [0, 0.1) is 0 Å². The quantitative estimate of drug-likeness (QED) is 0.833. The lowest BCUT2D eigenvalue weighted by molar-refractivity contribution is -0.118. The zero-order chi connectivity index (χ0) is 13.5. The summed E-state index contributed by atoms with van der Waals surface area (Å²) >= 11 is 0. The largest absolute Gasteiger partial charge is 0.454 e. The molecule has 1 fully saturated rings. The van der Waals surface area contributed by atoms with Crippen molar-refractivity contribution < 1.29 is 14.3 Å². The van der Waals surface area contributed by atoms with Gasteiger partial charge in [-0.25, -0.2) is 0 Å². The van der Waals surface area contributed by atoms with Crippen LogP contribution in [0.3, 0.4) is 0 Å². The van der Waals surface area contributed by atoms with Crippen LogP contribution in [0.25, 0.3) is 0 Å². The molecule has 1 aromatic carbocycles. The van der Waals surface area contributed by atoms with E-state index in [-0.39, 0.29) is 18.2 Å². The Morgan fingerprint density at radius 3 is 2.89 bits per heavy atom. The predicted octanol–water partition coefficient (Wildman–Crippen LogP) is 1.52. The summed E-state index contributed by atoms with van der Waals surface area (Å²) in [6.45, 7) is 5.81. The standard InChI is InChI=1S/C14H18N2O3/c1-14(2)8-16(13(17)5-6-15-14)10-3-4-11-12(7-10)19-9-18-11/h3-4,7,15H,5-6,8-9H2,1-2H3. The van der Waals surface area contributed by atoms with Crippen molar-refractivity contribution in [3.63, 3.8) is 0 Å². The third-order valence-corrected chi connectivity index (χ3v) is 3.46. The van der Waals surface area contributed by atoms with Crippen LogP contribution in [0.5, 0.6) is 11.5 Å². The van der Waals surface area contributed by atoms with Gasteiger partial charge in [-0.1, -0.05) is 0 Å². The maximum absolute atomic E-state index is 12.2. The van der Waals surface area contributed by atoms with Gasteiger partial charge in [0.25, 0.3) is 0 Å². The summed E-state index contributed by atoms with van der Waals surface area (Å²) in [5.74, 6) is 1.58. The van der Waals surface area contributed by atoms with Crippen molar-refractivity contribution in [2.75, 3.05) is 24.8 Å². The average Bonchev–Trinajstić information content (AvgIpc) is 2.77. The lowest BCUT2D eigenvalue weighted by Crippen LogP contribution is -2.47. The van der Waals surface area contributed by atoms with Gasteiger partial charge in [-0.15, -0.1) is 0 Å². The summed E-state index contributed by atoms with van der Waals surface area (Å²) in [7, 11) is 0. The molecule has 0 radical (unpaired) electrons. The molecule has 0 spiro atoms. The molecule has 0 atom stereocenters. The molecule has 2 aliphatic heterocycles. The first kappa shape index (κ1) is 12.3. The maximum Gasteiger partial charge on any atom is 0.231 e. The SMILES string of the molecule is CC1(C)CN(c2ccc3c(c2)OCO3)C(=O)CCN1. The molecule has 1 amide bonds. The lowest BCUT2D eigenvalue weighted by atomic mass is 10.1. The minimum atomic E-state index is -0.0947. The highest BCUT2D eigenvalue weighted by Gasteiger charge is 2.29. The van der Waals surface area contributed by atoms with E-state index in [1.807, 2.05) is 23.1 Å². The zero-order valence-corrected chi connectivity index (χ0v) is 11.2. The molecule has 0 bridgehead atoms. The molecule has 1 N–H and O–H groups in total. The van der Waals surface area contributed by atoms with Crippen molar-refractivity contribution in [3.8, 4) is 11.5 Å². The molecule has 0 unspecified atom stereocenters. The fraction of sp³-hybridized carbons (Fsp3) is 0.500. The summed E-state index contributed by atoms with van der Waals surface area (Å²) in [5.41, 5.74) is 0.772. The Hall–Kier alpha value is -1.75. The van der Waals surface area contributed by atoms with E-state index >= 15 is 0 Å². The van der Waals surface area contributed by atoms with Gasteiger partial charge in [-0.3, -0.25) is 4.79 Å². The van der Waals surface area contributed by atoms with Crippen molar-refractivity contribution >= 4 is 11.6 Å². The summed E-state index contributed by atoms with van der Waals surface area (Å²) < 4.78 is 10.7. The first-order chi connectivity index (χ1) is 9.05. The van der Waals surface area contributed by atoms with Crippen LogP contribution in [0.15, 0.2) is 18.2 Å². The Bertz CT molecular complexity index is 513. The molecular formula is C14H18N2O3. The van der Waals surface area contributed by atoms with Crippen molar-refractivity contribution in [2.45, 2.75) is 25.8 Å². The number of ether oxygens (including phenoxy) is 2. The molecule has 0 aliphatic carbocycles. The van der Waals surface area contributed by atoms with Gasteiger partial charge in [0.2, 0.25) is 12.7 Å². The number of nitrogens with one attached hydrogen (secondary N) is 1. The molecule has 0 aromatic heterocycles. The lowest BCUT2D eigenvalue weighted by Gasteiger charge is -2.30. The predicted molar refractivity (Wildman–Crippen MR) is 71.6 cm³/mol. The van der Waals surface area contributed by atoms with Gasteiger partial charge in [0.05, 0.1) is 0 Å². The van der Waals surface area contributed by atoms with Gasteiger partial charge in [0.15, 0.2) is 11.5 Å². The number of benzene rings is 1. The van der Waals surface area contributed by atoms with Crippen LogP contribution in [0.4, 0.5) is 5.69 Å². The summed E-state index contributed by atoms with van der Waals surface area (Å²) in [6.07, 6.45) is 0.512. The highest BCUT2D eigenvalue weighted by atomic mass is 16.7. The molecule has 1 aromatic rings. The van der Waals surface area contributed by atoms with Gasteiger partial charge in [0, 0.05) is 36.8 Å². The van der Waals surface area contributed by atoms with Crippen LogP contribution < -0.4 is 19.7 Å². The second-order valence-corrected chi connectivity index (χ2v) is 5.58. The van der Waals surface area contributed by atoms with Gasteiger partial charge in [-0.05, 0) is 26.0 Å². The van der Waals surface area contributed by atoms with Gasteiger partial charge < -0.3 is 19.7 Å². The van der Waals surface area contributed by atoms with E-state index in [4.69, 9.17) is 9.47 Å². The van der Waals surface area contributed by atoms with Gasteiger partial charge >= 0.3 is 0 Å². The van der Waals surface area contributed by atoms with Crippen LogP contribution in [0.2, 0.25) is 0 Å². The Labute approximate surface area is 112 Å². The Morgan fingerprint density at radius 1 is 1.26 bits per heavy atom. The third-order valence-electron chi connectivity index (χ3n) is 3.46. The van der Waals surface area contributed by atoms with Crippen LogP contribution in [-0.4, -0.2) is 31.3 Å². The number of hydrogen-bond acceptors (Lipinski definition) is 4. The summed E-state index contributed by atoms with van der Waals surface area (Å²) in [4.78, 5) is 14.0. The Balaban J connectivity index is 1.92. The number of anilines is 1. The number of carbonyl (C=O) groups is 1. The average molecular weight is 262 g/mol. The number of rotatable bonds is 1. The molecule has 1 saturated heterocycles. The highest BCUT2D eigenvalue weighted by molar-refractivity contribution is 5.94. The second kappa shape index (κ2) is 4.42. The molecule has 3 rings (SSSR count). The first-order valence-corrected chi connectivity index (χ1v) is 6.50. The fourth-order valence-corrected chi connectivity index (χ4v) is 2.47. The van der Waals surface area contributed by atoms with E-state index in [1.165, 1.54) is 0 Å². The third kappa shape index (κ3) is 2.38. The van der Waals surface area contributed by atoms with Crippen LogP contribution in [0.1, 0.15) is 20.3 Å². The smallest absolute Gasteiger partial charge is 0.231 e. The Kier molecular flexibility index (Phi) is 2.86. The molecule has 102 valence electrons. The van der Waals surface area contributed by atoms with Crippen LogP contribution >= 0.6 is 0 Å². The van der Waals surface area contributed by atoms with Crippen molar-refractivity contribution in [2.24, 2.45) is 0 Å². The summed E-state index contributed by atoms with van der Waals surface area (Å²) in [5, 5.41) is 3.38. The first-order valence-electron chi connectivity index (χ1n) is 6.50. The van der Waals surface area contributed by atoms with Crippen LogP contribution in [-0.2, 0) is 4.79 Å². The van der Waals surface area contributed by atoms with Crippen molar-refractivity contribution in [1.29, 1.82) is 0 Å². The number of hydrogen-bond donors (Lipinski definition) is 1. The molecule has 2 aliphatic rings. The van der Waals surface area contributed by atoms with Crippen molar-refractivity contribution in [3.05, 3.63) is 18.2 Å². The zero-order valence-electron chi connectivity index (χ0n) is 11.2. The van der Waals surface area contributed by atoms with E-state index in [2.05, 4.69) is 19.2 Å². The fourth-order valence-electron chi connectivity index (χ4n) is 2.47. The topological polar surface area (TPSA) is 50.8 Å². The number of nitrogens with zero attached hydrogens (tertiary/aromatic N) is 1. The van der Waals surface area contributed by atoms with E-state index in [0.29, 0.717) is 25.3 Å². The summed E-state index contributed by atoms with van der Waals surface area (Å²) in [6, 6.07) is 5.64. The van der Waals surface area contributed by atoms with E-state index < -0.39 is 0 Å². The minimum Gasteiger partial charge on any atom is -0.454 e. The van der Waals surface area contributed by atoms with E-state index in [0.717, 1.165) is 11.4 Å². The van der Waals surface area contributed by atoms with E-state index in [9.17, 15) is 4.79 Å². The number of carbonyl (C=O) groups excluding carboxylic acids is 1. The maximum atomic E-state index is 12.2. The molecule has 0 saturated carbocycles. The monoisotopic (exact) mass is 262 g/mol. The molecule has 5 heteroatoms. The van der Waals surface area contributed by atoms with E-state index in [1.54, 1.807) is 0 Å².